The molecule has 192 valence electrons. The Hall–Kier alpha value is -2.26. The second-order valence-electron chi connectivity index (χ2n) is 9.93. The van der Waals surface area contributed by atoms with Gasteiger partial charge < -0.3 is 25.4 Å². The summed E-state index contributed by atoms with van der Waals surface area (Å²) in [5.74, 6) is -0.832. The number of aliphatic hydroxyl groups excluding tert-OH is 1. The predicted octanol–water partition coefficient (Wildman–Crippen LogP) is 2.80. The molecule has 0 radical (unpaired) electrons. The molecule has 3 aliphatic rings. The first-order chi connectivity index (χ1) is 16.8. The number of anilines is 1. The van der Waals surface area contributed by atoms with Gasteiger partial charge >= 0.3 is 0 Å². The summed E-state index contributed by atoms with van der Waals surface area (Å²) >= 11 is 1.66. The third kappa shape index (κ3) is 4.53. The zero-order chi connectivity index (χ0) is 25.2. The highest BCUT2D eigenvalue weighted by atomic mass is 32.2. The number of hydrogen-bond acceptors (Lipinski definition) is 6. The molecule has 3 fully saturated rings. The van der Waals surface area contributed by atoms with E-state index in [1.54, 1.807) is 28.8 Å². The highest BCUT2D eigenvalue weighted by Gasteiger charge is 2.76. The van der Waals surface area contributed by atoms with Gasteiger partial charge in [-0.1, -0.05) is 13.3 Å². The lowest BCUT2D eigenvalue weighted by Gasteiger charge is -2.34. The molecule has 3 heterocycles. The number of unbranched alkanes of at least 4 members (excludes halogenated alkanes) is 1. The number of nitrogens with zero attached hydrogens (tertiary/aromatic N) is 1. The number of aliphatic hydroxyl groups is 1. The summed E-state index contributed by atoms with van der Waals surface area (Å²) in [5.41, 5.74) is 0.653. The molecule has 2 bridgehead atoms. The Morgan fingerprint density at radius 1 is 1.17 bits per heavy atom. The number of carbonyl (C=O) groups excluding carboxylic acids is 3. The second-order valence-corrected chi connectivity index (χ2v) is 11.8. The SMILES string of the molecule is CCCCNC(=O)C1N(CCCO)C(=O)[C@@H]2[C@@H](C(=O)Nc3ccc(OCC)cc3)[C@@]3(C)CCC12S3. The molecule has 1 aromatic carbocycles. The molecule has 35 heavy (non-hydrogen) atoms. The van der Waals surface area contributed by atoms with Crippen molar-refractivity contribution < 1.29 is 24.2 Å². The molecule has 0 aliphatic carbocycles. The fourth-order valence-electron chi connectivity index (χ4n) is 6.11. The first-order valence-corrected chi connectivity index (χ1v) is 13.6. The van der Waals surface area contributed by atoms with Crippen LogP contribution in [0.2, 0.25) is 0 Å². The van der Waals surface area contributed by atoms with Crippen molar-refractivity contribution in [1.29, 1.82) is 0 Å². The van der Waals surface area contributed by atoms with Gasteiger partial charge in [0.25, 0.3) is 0 Å². The molecule has 8 nitrogen and oxygen atoms in total. The molecule has 3 N–H and O–H groups in total. The number of fused-ring (bicyclic) bond motifs is 1. The van der Waals surface area contributed by atoms with Crippen LogP contribution in [0.15, 0.2) is 24.3 Å². The molecule has 0 saturated carbocycles. The maximum absolute atomic E-state index is 13.8. The smallest absolute Gasteiger partial charge is 0.244 e. The number of thioether (sulfide) groups is 1. The van der Waals surface area contributed by atoms with E-state index < -0.39 is 27.4 Å². The summed E-state index contributed by atoms with van der Waals surface area (Å²) in [7, 11) is 0. The molecule has 2 unspecified atom stereocenters. The van der Waals surface area contributed by atoms with E-state index in [0.29, 0.717) is 31.8 Å². The Bertz CT molecular complexity index is 957. The fourth-order valence-corrected chi connectivity index (χ4v) is 8.47. The highest BCUT2D eigenvalue weighted by Crippen LogP contribution is 2.71. The van der Waals surface area contributed by atoms with Gasteiger partial charge in [0.05, 0.1) is 23.2 Å². The summed E-state index contributed by atoms with van der Waals surface area (Å²) in [6, 6.07) is 6.60. The van der Waals surface area contributed by atoms with Crippen molar-refractivity contribution in [2.24, 2.45) is 11.8 Å². The van der Waals surface area contributed by atoms with Crippen LogP contribution >= 0.6 is 11.8 Å². The zero-order valence-corrected chi connectivity index (χ0v) is 21.7. The molecule has 5 atom stereocenters. The van der Waals surface area contributed by atoms with Gasteiger partial charge in [0.1, 0.15) is 11.8 Å². The van der Waals surface area contributed by atoms with Gasteiger partial charge in [0.2, 0.25) is 17.7 Å². The number of likely N-dealkylation sites (tertiary alicyclic amines) is 1. The number of carbonyl (C=O) groups is 3. The lowest BCUT2D eigenvalue weighted by molar-refractivity contribution is -0.139. The Morgan fingerprint density at radius 2 is 1.91 bits per heavy atom. The minimum Gasteiger partial charge on any atom is -0.494 e. The van der Waals surface area contributed by atoms with Gasteiger partial charge in [-0.25, -0.2) is 0 Å². The van der Waals surface area contributed by atoms with E-state index in [0.717, 1.165) is 31.4 Å². The van der Waals surface area contributed by atoms with E-state index in [4.69, 9.17) is 4.74 Å². The Labute approximate surface area is 211 Å². The molecule has 9 heteroatoms. The predicted molar refractivity (Wildman–Crippen MR) is 136 cm³/mol. The number of nitrogens with one attached hydrogen (secondary N) is 2. The van der Waals surface area contributed by atoms with Crippen molar-refractivity contribution in [3.8, 4) is 5.75 Å². The van der Waals surface area contributed by atoms with Gasteiger partial charge in [-0.05, 0) is 63.8 Å². The molecular weight excluding hydrogens is 466 g/mol. The summed E-state index contributed by atoms with van der Waals surface area (Å²) < 4.78 is 4.44. The van der Waals surface area contributed by atoms with E-state index in [-0.39, 0.29) is 24.3 Å². The summed E-state index contributed by atoms with van der Waals surface area (Å²) in [6.45, 7) is 7.43. The van der Waals surface area contributed by atoms with Crippen molar-refractivity contribution in [3.63, 3.8) is 0 Å². The van der Waals surface area contributed by atoms with Gasteiger partial charge in [-0.15, -0.1) is 11.8 Å². The number of benzene rings is 1. The van der Waals surface area contributed by atoms with Gasteiger partial charge in [0.15, 0.2) is 0 Å². The highest BCUT2D eigenvalue weighted by molar-refractivity contribution is 8.02. The lowest BCUT2D eigenvalue weighted by Crippen LogP contribution is -2.54. The van der Waals surface area contributed by atoms with Crippen LogP contribution in [0.4, 0.5) is 5.69 Å². The number of hydrogen-bond donors (Lipinski definition) is 3. The Kier molecular flexibility index (Phi) is 7.66. The van der Waals surface area contributed by atoms with Crippen LogP contribution in [-0.2, 0) is 14.4 Å². The topological polar surface area (TPSA) is 108 Å². The number of rotatable bonds is 11. The molecule has 3 amide bonds. The van der Waals surface area contributed by atoms with Crippen molar-refractivity contribution in [3.05, 3.63) is 24.3 Å². The van der Waals surface area contributed by atoms with E-state index in [9.17, 15) is 19.5 Å². The zero-order valence-electron chi connectivity index (χ0n) is 20.8. The molecule has 3 aliphatic heterocycles. The largest absolute Gasteiger partial charge is 0.494 e. The number of ether oxygens (including phenoxy) is 1. The van der Waals surface area contributed by atoms with Crippen LogP contribution in [0.1, 0.15) is 52.9 Å². The Morgan fingerprint density at radius 3 is 2.57 bits per heavy atom. The fraction of sp³-hybridized carbons (Fsp3) is 0.654. The molecule has 1 spiro atoms. The summed E-state index contributed by atoms with van der Waals surface area (Å²) in [4.78, 5) is 42.5. The van der Waals surface area contributed by atoms with E-state index >= 15 is 0 Å². The summed E-state index contributed by atoms with van der Waals surface area (Å²) in [6.07, 6.45) is 3.73. The average Bonchev–Trinajstić information content (AvgIpc) is 3.40. The third-order valence-corrected chi connectivity index (χ3v) is 9.61. The van der Waals surface area contributed by atoms with Crippen molar-refractivity contribution in [1.82, 2.24) is 10.2 Å². The first kappa shape index (κ1) is 25.8. The molecular formula is C26H37N3O5S. The summed E-state index contributed by atoms with van der Waals surface area (Å²) in [5, 5.41) is 15.5. The van der Waals surface area contributed by atoms with E-state index in [1.165, 1.54) is 0 Å². The van der Waals surface area contributed by atoms with Crippen LogP contribution < -0.4 is 15.4 Å². The van der Waals surface area contributed by atoms with Crippen LogP contribution in [0.5, 0.6) is 5.75 Å². The molecule has 0 aromatic heterocycles. The van der Waals surface area contributed by atoms with Gasteiger partial charge in [-0.2, -0.15) is 0 Å². The molecule has 3 saturated heterocycles. The molecule has 1 aromatic rings. The van der Waals surface area contributed by atoms with Crippen LogP contribution in [0.25, 0.3) is 0 Å². The normalized spacial score (nSPS) is 30.9. The third-order valence-electron chi connectivity index (χ3n) is 7.63. The standard InChI is InChI=1S/C26H37N3O5S/c1-4-6-14-27-23(32)21-26-13-12-25(3,35-26)19(20(26)24(33)29(21)15-7-16-30)22(31)28-17-8-10-18(11-9-17)34-5-2/h8-11,19-21,30H,4-7,12-16H2,1-3H3,(H,27,32)(H,28,31)/t19-,20-,21?,25+,26?/m0/s1. The van der Waals surface area contributed by atoms with Crippen LogP contribution in [0.3, 0.4) is 0 Å². The quantitative estimate of drug-likeness (QED) is 0.401. The first-order valence-electron chi connectivity index (χ1n) is 12.7. The van der Waals surface area contributed by atoms with Gasteiger partial charge in [0, 0.05) is 30.1 Å². The van der Waals surface area contributed by atoms with Crippen molar-refractivity contribution in [2.45, 2.75) is 68.4 Å². The van der Waals surface area contributed by atoms with E-state index in [1.807, 2.05) is 19.1 Å². The van der Waals surface area contributed by atoms with Crippen molar-refractivity contribution in [2.75, 3.05) is 31.6 Å². The second kappa shape index (κ2) is 10.4. The van der Waals surface area contributed by atoms with E-state index in [2.05, 4.69) is 24.5 Å². The van der Waals surface area contributed by atoms with Crippen LogP contribution in [-0.4, -0.2) is 69.6 Å². The lowest BCUT2D eigenvalue weighted by atomic mass is 9.66. The maximum Gasteiger partial charge on any atom is 0.244 e. The van der Waals surface area contributed by atoms with Crippen LogP contribution in [0, 0.1) is 11.8 Å². The van der Waals surface area contributed by atoms with Crippen molar-refractivity contribution >= 4 is 35.2 Å². The van der Waals surface area contributed by atoms with Gasteiger partial charge in [-0.3, -0.25) is 14.4 Å². The minimum atomic E-state index is -0.627. The minimum absolute atomic E-state index is 0.0574. The maximum atomic E-state index is 13.8. The molecule has 4 rings (SSSR count). The monoisotopic (exact) mass is 503 g/mol. The Balaban J connectivity index is 1.61. The average molecular weight is 504 g/mol. The number of amides is 3.